The van der Waals surface area contributed by atoms with Crippen LogP contribution in [0.4, 0.5) is 36.2 Å². The number of ether oxygens (including phenoxy) is 2. The predicted molar refractivity (Wildman–Crippen MR) is 193 cm³/mol. The number of thiazole rings is 1. The van der Waals surface area contributed by atoms with E-state index in [-0.39, 0.29) is 17.8 Å². The summed E-state index contributed by atoms with van der Waals surface area (Å²) in [5.41, 5.74) is 4.15. The summed E-state index contributed by atoms with van der Waals surface area (Å²) in [6, 6.07) is 23.6. The average molecular weight is 710 g/mol. The Hall–Kier alpha value is -6.61. The summed E-state index contributed by atoms with van der Waals surface area (Å²) < 4.78 is 25.5. The van der Waals surface area contributed by atoms with Crippen LogP contribution in [0.2, 0.25) is 0 Å². The molecule has 4 N–H and O–H groups in total. The highest BCUT2D eigenvalue weighted by molar-refractivity contribution is 7.22. The molecule has 6 rings (SSSR count). The third-order valence-corrected chi connectivity index (χ3v) is 7.74. The first kappa shape index (κ1) is 35.7. The van der Waals surface area contributed by atoms with Gasteiger partial charge >= 0.3 is 24.0 Å². The Bertz CT molecular complexity index is 2100. The van der Waals surface area contributed by atoms with Crippen molar-refractivity contribution in [2.75, 3.05) is 34.5 Å². The van der Waals surface area contributed by atoms with E-state index in [1.807, 2.05) is 22.9 Å². The molecule has 2 heterocycles. The predicted octanol–water partition coefficient (Wildman–Crippen LogP) is 7.95. The largest absolute Gasteiger partial charge is 0.462 e. The van der Waals surface area contributed by atoms with Crippen LogP contribution in [0.15, 0.2) is 110 Å². The number of amides is 4. The number of carbonyl (C=O) groups excluding carboxylic acids is 4. The summed E-state index contributed by atoms with van der Waals surface area (Å²) in [7, 11) is 0. The Labute approximate surface area is 295 Å². The molecule has 13 nitrogen and oxygen atoms in total. The minimum Gasteiger partial charge on any atom is -0.462 e. The van der Waals surface area contributed by atoms with Crippen LogP contribution >= 0.6 is 11.3 Å². The summed E-state index contributed by atoms with van der Waals surface area (Å²) in [6.45, 7) is 4.10. The lowest BCUT2D eigenvalue weighted by molar-refractivity contribution is 0.0517. The van der Waals surface area contributed by atoms with Gasteiger partial charge in [0.15, 0.2) is 5.13 Å². The lowest BCUT2D eigenvalue weighted by atomic mass is 10.2. The maximum absolute atomic E-state index is 13.2. The highest BCUT2D eigenvalue weighted by Crippen LogP contribution is 2.26. The van der Waals surface area contributed by atoms with Gasteiger partial charge in [-0.3, -0.25) is 5.32 Å². The first-order chi connectivity index (χ1) is 24.7. The molecule has 0 bridgehead atoms. The zero-order chi connectivity index (χ0) is 36.2. The molecule has 15 heteroatoms. The molecule has 4 aromatic carbocycles. The Morgan fingerprint density at radius 2 is 1.22 bits per heavy atom. The van der Waals surface area contributed by atoms with Crippen LogP contribution < -0.4 is 21.3 Å². The maximum Gasteiger partial charge on any atom is 0.338 e. The van der Waals surface area contributed by atoms with Gasteiger partial charge < -0.3 is 30.0 Å². The molecule has 0 fully saturated rings. The summed E-state index contributed by atoms with van der Waals surface area (Å²) in [4.78, 5) is 55.5. The zero-order valence-electron chi connectivity index (χ0n) is 27.4. The quantitative estimate of drug-likeness (QED) is 0.110. The van der Waals surface area contributed by atoms with Gasteiger partial charge in [0, 0.05) is 35.1 Å². The molecule has 0 aliphatic carbocycles. The number of imidazole rings is 1. The topological polar surface area (TPSA) is 166 Å². The highest BCUT2D eigenvalue weighted by Gasteiger charge is 2.11. The Morgan fingerprint density at radius 3 is 1.71 bits per heavy atom. The van der Waals surface area contributed by atoms with Crippen LogP contribution in [0.3, 0.4) is 0 Å². The van der Waals surface area contributed by atoms with E-state index in [1.165, 1.54) is 23.5 Å². The van der Waals surface area contributed by atoms with E-state index in [9.17, 15) is 23.6 Å². The molecule has 51 heavy (non-hydrogen) atoms. The number of rotatable bonds is 9. The molecule has 2 aromatic heterocycles. The smallest absolute Gasteiger partial charge is 0.338 e. The minimum atomic E-state index is -0.483. The van der Waals surface area contributed by atoms with E-state index in [0.717, 1.165) is 5.69 Å². The molecule has 0 unspecified atom stereocenters. The van der Waals surface area contributed by atoms with Gasteiger partial charge in [-0.15, -0.1) is 0 Å². The van der Waals surface area contributed by atoms with E-state index in [0.29, 0.717) is 56.8 Å². The van der Waals surface area contributed by atoms with Gasteiger partial charge in [-0.2, -0.15) is 0 Å². The number of carbonyl (C=O) groups is 4. The van der Waals surface area contributed by atoms with Gasteiger partial charge in [-0.25, -0.2) is 33.5 Å². The average Bonchev–Trinajstić information content (AvgIpc) is 3.80. The van der Waals surface area contributed by atoms with Crippen LogP contribution in [-0.2, 0) is 9.47 Å². The SMILES string of the molecule is CCOC(=O)c1ccc(NC(=O)Nc2ccc(-n3ccnc3)cc2)cc1.CCOC(=O)c1ccc(NC(=O)Nc2nc3ccc(F)cc3s2)cc1. The van der Waals surface area contributed by atoms with Crippen LogP contribution in [-0.4, -0.2) is 51.7 Å². The summed E-state index contributed by atoms with van der Waals surface area (Å²) in [5.74, 6) is -1.16. The fourth-order valence-electron chi connectivity index (χ4n) is 4.44. The van der Waals surface area contributed by atoms with Gasteiger partial charge in [0.05, 0.1) is 40.9 Å². The van der Waals surface area contributed by atoms with E-state index in [4.69, 9.17) is 9.47 Å². The van der Waals surface area contributed by atoms with Crippen molar-refractivity contribution >= 4 is 67.7 Å². The molecule has 0 aliphatic heterocycles. The van der Waals surface area contributed by atoms with Crippen molar-refractivity contribution in [1.29, 1.82) is 0 Å². The number of halogens is 1. The van der Waals surface area contributed by atoms with E-state index in [2.05, 4.69) is 31.2 Å². The zero-order valence-corrected chi connectivity index (χ0v) is 28.2. The van der Waals surface area contributed by atoms with E-state index >= 15 is 0 Å². The van der Waals surface area contributed by atoms with Crippen molar-refractivity contribution in [3.8, 4) is 5.69 Å². The van der Waals surface area contributed by atoms with Crippen LogP contribution in [0.5, 0.6) is 0 Å². The third kappa shape index (κ3) is 10.2. The number of nitrogens with one attached hydrogen (secondary N) is 4. The molecular weight excluding hydrogens is 678 g/mol. The highest BCUT2D eigenvalue weighted by atomic mass is 32.1. The Kier molecular flexibility index (Phi) is 12.0. The van der Waals surface area contributed by atoms with Crippen molar-refractivity contribution in [2.24, 2.45) is 0 Å². The second-order valence-corrected chi connectivity index (χ2v) is 11.4. The molecule has 0 spiro atoms. The summed E-state index contributed by atoms with van der Waals surface area (Å²) in [6.07, 6.45) is 5.25. The van der Waals surface area contributed by atoms with Gasteiger partial charge in [0.1, 0.15) is 5.82 Å². The molecule has 260 valence electrons. The lowest BCUT2D eigenvalue weighted by Crippen LogP contribution is -2.19. The Morgan fingerprint density at radius 1 is 0.706 bits per heavy atom. The molecule has 0 atom stereocenters. The van der Waals surface area contributed by atoms with Crippen LogP contribution in [0.1, 0.15) is 34.6 Å². The summed E-state index contributed by atoms with van der Waals surface area (Å²) >= 11 is 1.18. The van der Waals surface area contributed by atoms with E-state index in [1.54, 1.807) is 93.1 Å². The van der Waals surface area contributed by atoms with Crippen LogP contribution in [0, 0.1) is 5.82 Å². The van der Waals surface area contributed by atoms with Crippen molar-refractivity contribution in [2.45, 2.75) is 13.8 Å². The molecule has 0 aliphatic rings. The number of aromatic nitrogens is 3. The molecular formula is C36H32FN7O6S. The second-order valence-electron chi connectivity index (χ2n) is 10.4. The standard InChI is InChI=1S/C19H18N4O3.C17H14FN3O3S/c1-2-26-18(24)14-3-5-15(6-4-14)21-19(25)22-16-7-9-17(10-8-16)23-12-11-20-13-23;1-2-24-15(22)10-3-6-12(7-4-10)19-16(23)21-17-20-13-8-5-11(18)9-14(13)25-17/h3-13H,2H2,1H3,(H2,21,22,25);3-9H,2H2,1H3,(H2,19,20,21,23). The number of anilines is 4. The first-order valence-corrected chi connectivity index (χ1v) is 16.4. The van der Waals surface area contributed by atoms with Gasteiger partial charge in [0.2, 0.25) is 0 Å². The number of hydrogen-bond acceptors (Lipinski definition) is 9. The number of urea groups is 2. The van der Waals surface area contributed by atoms with Crippen molar-refractivity contribution in [3.05, 3.63) is 127 Å². The maximum atomic E-state index is 13.2. The van der Waals surface area contributed by atoms with Crippen molar-refractivity contribution < 1.29 is 33.0 Å². The van der Waals surface area contributed by atoms with E-state index < -0.39 is 12.0 Å². The number of benzene rings is 4. The second kappa shape index (κ2) is 17.2. The number of hydrogen-bond donors (Lipinski definition) is 4. The van der Waals surface area contributed by atoms with Crippen LogP contribution in [0.25, 0.3) is 15.9 Å². The van der Waals surface area contributed by atoms with Gasteiger partial charge in [-0.1, -0.05) is 11.3 Å². The Balaban J connectivity index is 0.000000198. The first-order valence-electron chi connectivity index (χ1n) is 15.6. The number of fused-ring (bicyclic) bond motifs is 1. The van der Waals surface area contributed by atoms with Gasteiger partial charge in [0.25, 0.3) is 0 Å². The van der Waals surface area contributed by atoms with Crippen molar-refractivity contribution in [1.82, 2.24) is 14.5 Å². The number of nitrogens with zero attached hydrogens (tertiary/aromatic N) is 3. The fourth-order valence-corrected chi connectivity index (χ4v) is 5.33. The molecule has 0 saturated carbocycles. The normalized spacial score (nSPS) is 10.3. The molecule has 6 aromatic rings. The fraction of sp³-hybridized carbons (Fsp3) is 0.111. The summed E-state index contributed by atoms with van der Waals surface area (Å²) in [5, 5.41) is 11.1. The minimum absolute atomic E-state index is 0.299. The van der Waals surface area contributed by atoms with Gasteiger partial charge in [-0.05, 0) is 105 Å². The third-order valence-electron chi connectivity index (χ3n) is 6.81. The lowest BCUT2D eigenvalue weighted by Gasteiger charge is -2.09. The molecule has 4 amide bonds. The number of esters is 2. The molecule has 0 radical (unpaired) electrons. The monoisotopic (exact) mass is 709 g/mol. The molecule has 0 saturated heterocycles. The van der Waals surface area contributed by atoms with Crippen molar-refractivity contribution in [3.63, 3.8) is 0 Å².